The van der Waals surface area contributed by atoms with Crippen molar-refractivity contribution in [1.82, 2.24) is 20.1 Å². The molecule has 7 nitrogen and oxygen atoms in total. The van der Waals surface area contributed by atoms with Crippen molar-refractivity contribution in [2.75, 3.05) is 11.9 Å². The van der Waals surface area contributed by atoms with Crippen LogP contribution in [-0.4, -0.2) is 33.1 Å². The van der Waals surface area contributed by atoms with E-state index in [0.29, 0.717) is 54.3 Å². The maximum Gasteiger partial charge on any atom is 0.253 e. The largest absolute Gasteiger partial charge is 0.352 e. The van der Waals surface area contributed by atoms with Gasteiger partial charge in [0.25, 0.3) is 5.91 Å². The maximum absolute atomic E-state index is 12.9. The van der Waals surface area contributed by atoms with Crippen LogP contribution in [0.4, 0.5) is 5.69 Å². The highest BCUT2D eigenvalue weighted by molar-refractivity contribution is 9.10. The van der Waals surface area contributed by atoms with Crippen molar-refractivity contribution in [3.63, 3.8) is 0 Å². The minimum atomic E-state index is -0.343. The standard InChI is InChI=1S/C21H17Br2Cl2N5O2/c22-15-7-12(24)6-14(21(32)27-10-11-3-4-11)19(15)28-18(31)9-13-8-17(23)29-30(13)20-16(25)2-1-5-26-20/h1-2,5-8,11H,3-4,9-10H2,(H,27,32)(H,28,31). The predicted octanol–water partition coefficient (Wildman–Crippen LogP) is 5.42. The summed E-state index contributed by atoms with van der Waals surface area (Å²) in [5.41, 5.74) is 1.22. The van der Waals surface area contributed by atoms with Gasteiger partial charge in [-0.3, -0.25) is 9.59 Å². The van der Waals surface area contributed by atoms with Gasteiger partial charge >= 0.3 is 0 Å². The second kappa shape index (κ2) is 9.91. The molecule has 0 saturated heterocycles. The van der Waals surface area contributed by atoms with Crippen molar-refractivity contribution in [1.29, 1.82) is 0 Å². The van der Waals surface area contributed by atoms with Gasteiger partial charge in [0.05, 0.1) is 28.4 Å². The Morgan fingerprint density at radius 1 is 1.19 bits per heavy atom. The van der Waals surface area contributed by atoms with Gasteiger partial charge in [0, 0.05) is 22.2 Å². The van der Waals surface area contributed by atoms with Gasteiger partial charge in [-0.2, -0.15) is 5.10 Å². The molecule has 0 bridgehead atoms. The van der Waals surface area contributed by atoms with E-state index in [1.807, 2.05) is 0 Å². The van der Waals surface area contributed by atoms with Gasteiger partial charge in [0.1, 0.15) is 4.60 Å². The Bertz CT molecular complexity index is 1200. The van der Waals surface area contributed by atoms with Gasteiger partial charge < -0.3 is 10.6 Å². The molecule has 0 atom stereocenters. The van der Waals surface area contributed by atoms with Crippen LogP contribution in [0.3, 0.4) is 0 Å². The van der Waals surface area contributed by atoms with Gasteiger partial charge in [-0.1, -0.05) is 23.2 Å². The lowest BCUT2D eigenvalue weighted by Crippen LogP contribution is -2.27. The Morgan fingerprint density at radius 3 is 2.69 bits per heavy atom. The molecule has 2 heterocycles. The molecule has 0 aliphatic heterocycles. The number of nitrogens with zero attached hydrogens (tertiary/aromatic N) is 3. The normalized spacial score (nSPS) is 13.1. The highest BCUT2D eigenvalue weighted by Gasteiger charge is 2.24. The Balaban J connectivity index is 1.56. The number of rotatable bonds is 7. The van der Waals surface area contributed by atoms with E-state index in [9.17, 15) is 9.59 Å². The molecule has 0 spiro atoms. The van der Waals surface area contributed by atoms with Crippen LogP contribution in [-0.2, 0) is 11.2 Å². The van der Waals surface area contributed by atoms with Crippen molar-refractivity contribution >= 4 is 72.6 Å². The van der Waals surface area contributed by atoms with Gasteiger partial charge in [-0.15, -0.1) is 0 Å². The Labute approximate surface area is 211 Å². The van der Waals surface area contributed by atoms with Crippen LogP contribution >= 0.6 is 55.1 Å². The molecule has 1 aliphatic carbocycles. The van der Waals surface area contributed by atoms with E-state index < -0.39 is 0 Å². The first-order valence-corrected chi connectivity index (χ1v) is 12.1. The molecule has 2 N–H and O–H groups in total. The molecule has 1 aliphatic rings. The molecule has 1 aromatic carbocycles. The highest BCUT2D eigenvalue weighted by Crippen LogP contribution is 2.32. The predicted molar refractivity (Wildman–Crippen MR) is 131 cm³/mol. The van der Waals surface area contributed by atoms with E-state index in [-0.39, 0.29) is 18.2 Å². The second-order valence-electron chi connectivity index (χ2n) is 7.37. The summed E-state index contributed by atoms with van der Waals surface area (Å²) in [5.74, 6) is 0.306. The number of pyridine rings is 1. The molecule has 4 rings (SSSR count). The zero-order valence-corrected chi connectivity index (χ0v) is 21.2. The number of benzene rings is 1. The molecule has 3 aromatic rings. The molecule has 2 amide bonds. The number of halogens is 4. The molecule has 2 aromatic heterocycles. The summed E-state index contributed by atoms with van der Waals surface area (Å²) >= 11 is 19.1. The van der Waals surface area contributed by atoms with E-state index >= 15 is 0 Å². The number of amides is 2. The third-order valence-corrected chi connectivity index (χ3v) is 6.37. The summed E-state index contributed by atoms with van der Waals surface area (Å²) in [4.78, 5) is 29.9. The fourth-order valence-corrected chi connectivity index (χ4v) is 4.65. The van der Waals surface area contributed by atoms with Crippen LogP contribution in [0.1, 0.15) is 28.9 Å². The lowest BCUT2D eigenvalue weighted by atomic mass is 10.1. The second-order valence-corrected chi connectivity index (χ2v) is 9.88. The minimum Gasteiger partial charge on any atom is -0.352 e. The number of aromatic nitrogens is 3. The van der Waals surface area contributed by atoms with Crippen molar-refractivity contribution in [2.45, 2.75) is 19.3 Å². The molecular weight excluding hydrogens is 585 g/mol. The number of nitrogens with one attached hydrogen (secondary N) is 2. The summed E-state index contributed by atoms with van der Waals surface area (Å²) in [5, 5.41) is 10.9. The number of carbonyl (C=O) groups excluding carboxylic acids is 2. The van der Waals surface area contributed by atoms with Crippen molar-refractivity contribution in [3.05, 3.63) is 66.9 Å². The summed E-state index contributed by atoms with van der Waals surface area (Å²) in [6.45, 7) is 0.606. The third kappa shape index (κ3) is 5.51. The molecule has 1 fully saturated rings. The van der Waals surface area contributed by atoms with Crippen molar-refractivity contribution in [3.8, 4) is 5.82 Å². The van der Waals surface area contributed by atoms with Crippen LogP contribution in [0.15, 0.2) is 45.6 Å². The highest BCUT2D eigenvalue weighted by atomic mass is 79.9. The monoisotopic (exact) mass is 599 g/mol. The van der Waals surface area contributed by atoms with E-state index in [1.54, 1.807) is 36.5 Å². The first-order valence-electron chi connectivity index (χ1n) is 9.74. The summed E-state index contributed by atoms with van der Waals surface area (Å²) in [6, 6.07) is 8.29. The quantitative estimate of drug-likeness (QED) is 0.379. The van der Waals surface area contributed by atoms with E-state index in [0.717, 1.165) is 12.8 Å². The number of carbonyl (C=O) groups is 2. The number of hydrogen-bond donors (Lipinski definition) is 2. The summed E-state index contributed by atoms with van der Waals surface area (Å²) in [6.07, 6.45) is 3.81. The van der Waals surface area contributed by atoms with E-state index in [1.165, 1.54) is 4.68 Å². The van der Waals surface area contributed by atoms with Crippen LogP contribution < -0.4 is 10.6 Å². The molecular formula is C21H17Br2Cl2N5O2. The Hall–Kier alpha value is -1.94. The van der Waals surface area contributed by atoms with Crippen LogP contribution in [0.2, 0.25) is 10.0 Å². The molecule has 0 unspecified atom stereocenters. The molecule has 32 heavy (non-hydrogen) atoms. The van der Waals surface area contributed by atoms with E-state index in [4.69, 9.17) is 23.2 Å². The third-order valence-electron chi connectivity index (χ3n) is 4.85. The first-order chi connectivity index (χ1) is 15.3. The van der Waals surface area contributed by atoms with Crippen LogP contribution in [0, 0.1) is 5.92 Å². The topological polar surface area (TPSA) is 88.9 Å². The maximum atomic E-state index is 12.9. The average molecular weight is 602 g/mol. The zero-order valence-electron chi connectivity index (χ0n) is 16.5. The van der Waals surface area contributed by atoms with E-state index in [2.05, 4.69) is 52.6 Å². The number of anilines is 1. The first kappa shape index (κ1) is 23.2. The number of hydrogen-bond acceptors (Lipinski definition) is 4. The molecule has 166 valence electrons. The Morgan fingerprint density at radius 2 is 1.97 bits per heavy atom. The molecule has 11 heteroatoms. The van der Waals surface area contributed by atoms with Crippen molar-refractivity contribution < 1.29 is 9.59 Å². The lowest BCUT2D eigenvalue weighted by molar-refractivity contribution is -0.115. The van der Waals surface area contributed by atoms with Gasteiger partial charge in [-0.25, -0.2) is 9.67 Å². The molecule has 1 saturated carbocycles. The fourth-order valence-electron chi connectivity index (χ4n) is 3.11. The fraction of sp³-hybridized carbons (Fsp3) is 0.238. The summed E-state index contributed by atoms with van der Waals surface area (Å²) in [7, 11) is 0. The minimum absolute atomic E-state index is 0.0241. The average Bonchev–Trinajstić information content (AvgIpc) is 3.50. The van der Waals surface area contributed by atoms with Gasteiger partial charge in [0.15, 0.2) is 5.82 Å². The SMILES string of the molecule is O=C(Cc1cc(Br)nn1-c1ncccc1Cl)Nc1c(Br)cc(Cl)cc1C(=O)NCC1CC1. The van der Waals surface area contributed by atoms with Crippen LogP contribution in [0.5, 0.6) is 0 Å². The smallest absolute Gasteiger partial charge is 0.253 e. The van der Waals surface area contributed by atoms with Crippen molar-refractivity contribution in [2.24, 2.45) is 5.92 Å². The summed E-state index contributed by atoms with van der Waals surface area (Å²) < 4.78 is 2.55. The Kier molecular flexibility index (Phi) is 7.19. The zero-order chi connectivity index (χ0) is 22.8. The lowest BCUT2D eigenvalue weighted by Gasteiger charge is -2.14. The van der Waals surface area contributed by atoms with Gasteiger partial charge in [0.2, 0.25) is 5.91 Å². The van der Waals surface area contributed by atoms with Crippen LogP contribution in [0.25, 0.3) is 5.82 Å². The van der Waals surface area contributed by atoms with Gasteiger partial charge in [-0.05, 0) is 81.0 Å². The molecule has 0 radical (unpaired) electrons.